The lowest BCUT2D eigenvalue weighted by Crippen LogP contribution is -2.11. The smallest absolute Gasteiger partial charge is 0.335 e. The zero-order chi connectivity index (χ0) is 18.1. The number of carboxylic acids is 1. The number of aryl methyl sites for hydroxylation is 1. The van der Waals surface area contributed by atoms with Gasteiger partial charge in [0.05, 0.1) is 28.0 Å². The Morgan fingerprint density at radius 2 is 2.04 bits per heavy atom. The van der Waals surface area contributed by atoms with Crippen molar-refractivity contribution in [2.24, 2.45) is 0 Å². The van der Waals surface area contributed by atoms with Gasteiger partial charge >= 0.3 is 5.97 Å². The van der Waals surface area contributed by atoms with E-state index in [1.165, 1.54) is 19.1 Å². The number of anilines is 2. The van der Waals surface area contributed by atoms with Crippen LogP contribution in [0.4, 0.5) is 11.6 Å². The van der Waals surface area contributed by atoms with Crippen molar-refractivity contribution in [3.63, 3.8) is 0 Å². The molecule has 4 N–H and O–H groups in total. The number of hydrogen-bond donors (Lipinski definition) is 3. The number of nitrogens with two attached hydrogens (primary N) is 1. The van der Waals surface area contributed by atoms with Crippen molar-refractivity contribution < 1.29 is 14.7 Å². The number of carboxylic acid groups (broad SMARTS) is 1. The van der Waals surface area contributed by atoms with Gasteiger partial charge in [-0.15, -0.1) is 0 Å². The topological polar surface area (TPSA) is 110 Å². The van der Waals surface area contributed by atoms with Gasteiger partial charge in [-0.25, -0.2) is 9.78 Å². The highest BCUT2D eigenvalue weighted by molar-refractivity contribution is 5.96. The van der Waals surface area contributed by atoms with Crippen LogP contribution in [0.15, 0.2) is 36.4 Å². The molecule has 0 bridgehead atoms. The highest BCUT2D eigenvalue weighted by atomic mass is 16.4. The first-order chi connectivity index (χ1) is 11.9. The summed E-state index contributed by atoms with van der Waals surface area (Å²) in [4.78, 5) is 27.3. The molecule has 0 aliphatic rings. The molecule has 0 aliphatic heterocycles. The van der Waals surface area contributed by atoms with Crippen molar-refractivity contribution >= 4 is 34.5 Å². The van der Waals surface area contributed by atoms with Crippen LogP contribution in [-0.4, -0.2) is 26.5 Å². The van der Waals surface area contributed by atoms with E-state index in [9.17, 15) is 14.7 Å². The fraction of sp³-hybridized carbons (Fsp3) is 0.167. The van der Waals surface area contributed by atoms with Crippen LogP contribution in [0.25, 0.3) is 16.7 Å². The number of para-hydroxylation sites is 1. The second-order valence-electron chi connectivity index (χ2n) is 5.66. The Labute approximate surface area is 144 Å². The molecule has 2 aromatic carbocycles. The molecule has 25 heavy (non-hydrogen) atoms. The molecule has 0 atom stereocenters. The quantitative estimate of drug-likeness (QED) is 0.677. The standard InChI is InChI=1S/C18H18N4O3/c1-3-11-5-4-6-14-16(11)21-18(19)22(14)15-9-12(17(24)25)7-8-13(15)20-10(2)23/h4-9H,3H2,1-2H3,(H2,19,21)(H,20,23)(H,24,25). The van der Waals surface area contributed by atoms with E-state index in [1.807, 2.05) is 25.1 Å². The normalized spacial score (nSPS) is 10.8. The maximum Gasteiger partial charge on any atom is 0.335 e. The second kappa shape index (κ2) is 6.27. The lowest BCUT2D eigenvalue weighted by molar-refractivity contribution is -0.114. The van der Waals surface area contributed by atoms with Crippen LogP contribution in [0.1, 0.15) is 29.8 Å². The molecular formula is C18H18N4O3. The summed E-state index contributed by atoms with van der Waals surface area (Å²) in [5.41, 5.74) is 9.70. The zero-order valence-corrected chi connectivity index (χ0v) is 13.9. The fourth-order valence-corrected chi connectivity index (χ4v) is 2.86. The minimum absolute atomic E-state index is 0.0944. The third-order valence-electron chi connectivity index (χ3n) is 3.97. The number of aromatic carboxylic acids is 1. The van der Waals surface area contributed by atoms with Gasteiger partial charge < -0.3 is 16.2 Å². The van der Waals surface area contributed by atoms with Crippen LogP contribution in [0.2, 0.25) is 0 Å². The number of rotatable bonds is 4. The maximum atomic E-state index is 11.5. The van der Waals surface area contributed by atoms with Crippen LogP contribution >= 0.6 is 0 Å². The van der Waals surface area contributed by atoms with Crippen molar-refractivity contribution in [2.45, 2.75) is 20.3 Å². The van der Waals surface area contributed by atoms with E-state index in [0.717, 1.165) is 23.0 Å². The molecule has 0 saturated heterocycles. The molecule has 0 fully saturated rings. The molecule has 1 amide bonds. The first-order valence-electron chi connectivity index (χ1n) is 7.83. The molecule has 0 aliphatic carbocycles. The average molecular weight is 338 g/mol. The van der Waals surface area contributed by atoms with Gasteiger partial charge in [-0.2, -0.15) is 0 Å². The van der Waals surface area contributed by atoms with Crippen LogP contribution in [0.5, 0.6) is 0 Å². The molecule has 3 rings (SSSR count). The molecular weight excluding hydrogens is 320 g/mol. The lowest BCUT2D eigenvalue weighted by Gasteiger charge is -2.14. The molecule has 0 radical (unpaired) electrons. The van der Waals surface area contributed by atoms with Crippen molar-refractivity contribution in [1.29, 1.82) is 0 Å². The van der Waals surface area contributed by atoms with Crippen LogP contribution in [0, 0.1) is 0 Å². The molecule has 128 valence electrons. The molecule has 3 aromatic rings. The first-order valence-corrected chi connectivity index (χ1v) is 7.83. The third-order valence-corrected chi connectivity index (χ3v) is 3.97. The number of benzene rings is 2. The first kappa shape index (κ1) is 16.5. The monoisotopic (exact) mass is 338 g/mol. The Balaban J connectivity index is 2.33. The Morgan fingerprint density at radius 1 is 1.28 bits per heavy atom. The molecule has 7 heteroatoms. The molecule has 1 aromatic heterocycles. The Morgan fingerprint density at radius 3 is 2.68 bits per heavy atom. The molecule has 7 nitrogen and oxygen atoms in total. The van der Waals surface area contributed by atoms with E-state index in [2.05, 4.69) is 10.3 Å². The van der Waals surface area contributed by atoms with Gasteiger partial charge in [-0.1, -0.05) is 19.1 Å². The van der Waals surface area contributed by atoms with Crippen molar-refractivity contribution in [3.8, 4) is 5.69 Å². The summed E-state index contributed by atoms with van der Waals surface area (Å²) in [6, 6.07) is 10.2. The third kappa shape index (κ3) is 2.91. The fourth-order valence-electron chi connectivity index (χ4n) is 2.86. The molecule has 0 unspecified atom stereocenters. The highest BCUT2D eigenvalue weighted by Crippen LogP contribution is 2.30. The summed E-state index contributed by atoms with van der Waals surface area (Å²) in [5.74, 6) is -1.10. The van der Waals surface area contributed by atoms with Gasteiger partial charge in [0.15, 0.2) is 0 Å². The number of carbonyl (C=O) groups excluding carboxylic acids is 1. The predicted octanol–water partition coefficient (Wildman–Crippen LogP) is 2.83. The zero-order valence-electron chi connectivity index (χ0n) is 13.9. The summed E-state index contributed by atoms with van der Waals surface area (Å²) < 4.78 is 1.66. The lowest BCUT2D eigenvalue weighted by atomic mass is 10.1. The summed E-state index contributed by atoms with van der Waals surface area (Å²) in [5, 5.41) is 12.0. The van der Waals surface area contributed by atoms with E-state index in [-0.39, 0.29) is 17.4 Å². The van der Waals surface area contributed by atoms with E-state index >= 15 is 0 Å². The molecule has 0 saturated carbocycles. The maximum absolute atomic E-state index is 11.5. The minimum atomic E-state index is -1.06. The van der Waals surface area contributed by atoms with Gasteiger partial charge in [0.25, 0.3) is 0 Å². The van der Waals surface area contributed by atoms with Crippen LogP contribution in [0.3, 0.4) is 0 Å². The van der Waals surface area contributed by atoms with Crippen molar-refractivity contribution in [2.75, 3.05) is 11.1 Å². The van der Waals surface area contributed by atoms with Crippen molar-refractivity contribution in [1.82, 2.24) is 9.55 Å². The minimum Gasteiger partial charge on any atom is -0.478 e. The Bertz CT molecular complexity index is 991. The number of carbonyl (C=O) groups is 2. The van der Waals surface area contributed by atoms with E-state index in [1.54, 1.807) is 10.6 Å². The largest absolute Gasteiger partial charge is 0.478 e. The summed E-state index contributed by atoms with van der Waals surface area (Å²) in [6.45, 7) is 3.41. The number of fused-ring (bicyclic) bond motifs is 1. The van der Waals surface area contributed by atoms with Crippen LogP contribution in [-0.2, 0) is 11.2 Å². The summed E-state index contributed by atoms with van der Waals surface area (Å²) in [6.07, 6.45) is 0.793. The number of nitrogens with zero attached hydrogens (tertiary/aromatic N) is 2. The van der Waals surface area contributed by atoms with E-state index in [4.69, 9.17) is 5.73 Å². The van der Waals surface area contributed by atoms with Gasteiger partial charge in [0.1, 0.15) is 0 Å². The second-order valence-corrected chi connectivity index (χ2v) is 5.66. The number of nitrogens with one attached hydrogen (secondary N) is 1. The number of aromatic nitrogens is 2. The van der Waals surface area contributed by atoms with Gasteiger partial charge in [0.2, 0.25) is 11.9 Å². The van der Waals surface area contributed by atoms with Gasteiger partial charge in [0, 0.05) is 6.92 Å². The van der Waals surface area contributed by atoms with E-state index in [0.29, 0.717) is 11.4 Å². The number of nitrogen functional groups attached to an aromatic ring is 1. The summed E-state index contributed by atoms with van der Waals surface area (Å²) >= 11 is 0. The Hall–Kier alpha value is -3.35. The molecule has 0 spiro atoms. The summed E-state index contributed by atoms with van der Waals surface area (Å²) in [7, 11) is 0. The average Bonchev–Trinajstić information content (AvgIpc) is 2.90. The SMILES string of the molecule is CCc1cccc2c1nc(N)n2-c1cc(C(=O)O)ccc1NC(C)=O. The Kier molecular flexibility index (Phi) is 4.14. The van der Waals surface area contributed by atoms with Gasteiger partial charge in [-0.3, -0.25) is 9.36 Å². The van der Waals surface area contributed by atoms with E-state index < -0.39 is 5.97 Å². The van der Waals surface area contributed by atoms with Crippen LogP contribution < -0.4 is 11.1 Å². The van der Waals surface area contributed by atoms with Gasteiger partial charge in [-0.05, 0) is 36.2 Å². The number of imidazole rings is 1. The van der Waals surface area contributed by atoms with Crippen molar-refractivity contribution in [3.05, 3.63) is 47.5 Å². The predicted molar refractivity (Wildman–Crippen MR) is 96.1 cm³/mol. The molecule has 1 heterocycles. The number of hydrogen-bond acceptors (Lipinski definition) is 4. The number of amides is 1. The highest BCUT2D eigenvalue weighted by Gasteiger charge is 2.17.